The van der Waals surface area contributed by atoms with Crippen molar-refractivity contribution >= 4 is 22.8 Å². The lowest BCUT2D eigenvalue weighted by Gasteiger charge is -2.30. The van der Waals surface area contributed by atoms with Crippen molar-refractivity contribution < 1.29 is 23.5 Å². The number of rotatable bonds is 7. The maximum atomic E-state index is 12.7. The minimum Gasteiger partial charge on any atom is -0.449 e. The summed E-state index contributed by atoms with van der Waals surface area (Å²) in [7, 11) is 0. The Hall–Kier alpha value is -2.34. The summed E-state index contributed by atoms with van der Waals surface area (Å²) in [5, 5.41) is 3.85. The molecule has 0 unspecified atom stereocenters. The van der Waals surface area contributed by atoms with Crippen molar-refractivity contribution in [2.24, 2.45) is 5.92 Å². The third kappa shape index (κ3) is 4.55. The van der Waals surface area contributed by atoms with E-state index in [2.05, 4.69) is 12.2 Å². The lowest BCUT2D eigenvalue weighted by atomic mass is 9.86. The number of furan rings is 1. The highest BCUT2D eigenvalue weighted by molar-refractivity contribution is 5.97. The Morgan fingerprint density at radius 1 is 1.25 bits per heavy atom. The predicted molar refractivity (Wildman–Crippen MR) is 106 cm³/mol. The standard InChI is InChI=1S/C22H29NO5/c1-4-26-13-17-16-10-6-8-12-19(16)28-20(17)22(25)27-15(3)21(24)23-18-11-7-5-9-14(18)2/h6,8,10,12,14-15,18H,4-5,7,9,11,13H2,1-3H3,(H,23,24)/t14-,15+,18-/m0/s1. The van der Waals surface area contributed by atoms with Gasteiger partial charge in [-0.25, -0.2) is 4.79 Å². The molecule has 2 aromatic rings. The average Bonchev–Trinajstić information content (AvgIpc) is 3.06. The quantitative estimate of drug-likeness (QED) is 0.720. The molecule has 0 saturated heterocycles. The van der Waals surface area contributed by atoms with Crippen LogP contribution >= 0.6 is 0 Å². The molecule has 6 nitrogen and oxygen atoms in total. The van der Waals surface area contributed by atoms with E-state index in [0.717, 1.165) is 24.6 Å². The second-order valence-electron chi connectivity index (χ2n) is 7.47. The SMILES string of the molecule is CCOCc1c(C(=O)O[C@H](C)C(=O)N[C@H]2CCCC[C@@H]2C)oc2ccccc12. The Labute approximate surface area is 165 Å². The van der Waals surface area contributed by atoms with Crippen molar-refractivity contribution in [1.29, 1.82) is 0 Å². The van der Waals surface area contributed by atoms with Crippen LogP contribution in [0.3, 0.4) is 0 Å². The molecular weight excluding hydrogens is 358 g/mol. The van der Waals surface area contributed by atoms with E-state index >= 15 is 0 Å². The number of ether oxygens (including phenoxy) is 2. The first-order chi connectivity index (χ1) is 13.5. The average molecular weight is 387 g/mol. The van der Waals surface area contributed by atoms with E-state index in [1.165, 1.54) is 6.42 Å². The molecular formula is C22H29NO5. The fraction of sp³-hybridized carbons (Fsp3) is 0.545. The van der Waals surface area contributed by atoms with Gasteiger partial charge in [0.2, 0.25) is 5.76 Å². The monoisotopic (exact) mass is 387 g/mol. The van der Waals surface area contributed by atoms with E-state index in [9.17, 15) is 9.59 Å². The molecule has 1 aromatic carbocycles. The molecule has 1 amide bonds. The minimum absolute atomic E-state index is 0.0975. The van der Waals surface area contributed by atoms with Gasteiger partial charge in [-0.2, -0.15) is 0 Å². The molecule has 6 heteroatoms. The van der Waals surface area contributed by atoms with Crippen LogP contribution in [-0.2, 0) is 20.9 Å². The third-order valence-corrected chi connectivity index (χ3v) is 5.43. The van der Waals surface area contributed by atoms with Crippen molar-refractivity contribution in [3.63, 3.8) is 0 Å². The van der Waals surface area contributed by atoms with Crippen molar-refractivity contribution in [3.8, 4) is 0 Å². The maximum absolute atomic E-state index is 12.7. The first kappa shape index (κ1) is 20.4. The van der Waals surface area contributed by atoms with Crippen LogP contribution in [0.2, 0.25) is 0 Å². The lowest BCUT2D eigenvalue weighted by Crippen LogP contribution is -2.46. The van der Waals surface area contributed by atoms with E-state index in [1.807, 2.05) is 25.1 Å². The molecule has 0 radical (unpaired) electrons. The highest BCUT2D eigenvalue weighted by Gasteiger charge is 2.29. The maximum Gasteiger partial charge on any atom is 0.375 e. The third-order valence-electron chi connectivity index (χ3n) is 5.43. The van der Waals surface area contributed by atoms with Crippen LogP contribution in [0.15, 0.2) is 28.7 Å². The number of hydrogen-bond donors (Lipinski definition) is 1. The molecule has 1 fully saturated rings. The minimum atomic E-state index is -0.894. The van der Waals surface area contributed by atoms with Crippen molar-refractivity contribution in [1.82, 2.24) is 5.32 Å². The van der Waals surface area contributed by atoms with Crippen molar-refractivity contribution in [2.75, 3.05) is 6.61 Å². The van der Waals surface area contributed by atoms with Gasteiger partial charge in [-0.3, -0.25) is 4.79 Å². The highest BCUT2D eigenvalue weighted by atomic mass is 16.6. The van der Waals surface area contributed by atoms with Gasteiger partial charge in [0, 0.05) is 23.6 Å². The van der Waals surface area contributed by atoms with E-state index in [0.29, 0.717) is 23.7 Å². The summed E-state index contributed by atoms with van der Waals surface area (Å²) in [6.45, 7) is 6.39. The number of esters is 1. The van der Waals surface area contributed by atoms with Crippen LogP contribution in [-0.4, -0.2) is 30.6 Å². The largest absolute Gasteiger partial charge is 0.449 e. The molecule has 3 rings (SSSR count). The smallest absolute Gasteiger partial charge is 0.375 e. The van der Waals surface area contributed by atoms with Gasteiger partial charge in [0.25, 0.3) is 5.91 Å². The molecule has 1 aliphatic carbocycles. The summed E-state index contributed by atoms with van der Waals surface area (Å²) in [5.74, 6) is -0.381. The van der Waals surface area contributed by atoms with Gasteiger partial charge in [0.1, 0.15) is 5.58 Å². The lowest BCUT2D eigenvalue weighted by molar-refractivity contribution is -0.130. The molecule has 1 N–H and O–H groups in total. The molecule has 0 aliphatic heterocycles. The molecule has 28 heavy (non-hydrogen) atoms. The molecule has 1 heterocycles. The number of carbonyl (C=O) groups excluding carboxylic acids is 2. The zero-order valence-corrected chi connectivity index (χ0v) is 16.8. The summed E-state index contributed by atoms with van der Waals surface area (Å²) in [6.07, 6.45) is 3.50. The fourth-order valence-electron chi connectivity index (χ4n) is 3.71. The Morgan fingerprint density at radius 3 is 2.75 bits per heavy atom. The van der Waals surface area contributed by atoms with Gasteiger partial charge in [0.15, 0.2) is 6.10 Å². The summed E-state index contributed by atoms with van der Waals surface area (Å²) < 4.78 is 16.6. The number of nitrogens with one attached hydrogen (secondary N) is 1. The summed E-state index contributed by atoms with van der Waals surface area (Å²) >= 11 is 0. The molecule has 1 saturated carbocycles. The van der Waals surface area contributed by atoms with Crippen LogP contribution < -0.4 is 5.32 Å². The number of benzene rings is 1. The van der Waals surface area contributed by atoms with Crippen molar-refractivity contribution in [3.05, 3.63) is 35.6 Å². The number of carbonyl (C=O) groups is 2. The zero-order valence-electron chi connectivity index (χ0n) is 16.8. The second-order valence-corrected chi connectivity index (χ2v) is 7.47. The first-order valence-corrected chi connectivity index (χ1v) is 10.1. The van der Waals surface area contributed by atoms with Gasteiger partial charge in [-0.05, 0) is 38.7 Å². The highest BCUT2D eigenvalue weighted by Crippen LogP contribution is 2.28. The van der Waals surface area contributed by atoms with Crippen LogP contribution in [0, 0.1) is 5.92 Å². The van der Waals surface area contributed by atoms with Crippen LogP contribution in [0.4, 0.5) is 0 Å². The molecule has 152 valence electrons. The van der Waals surface area contributed by atoms with Gasteiger partial charge in [-0.15, -0.1) is 0 Å². The van der Waals surface area contributed by atoms with E-state index in [-0.39, 0.29) is 24.3 Å². The molecule has 1 aromatic heterocycles. The predicted octanol–water partition coefficient (Wildman–Crippen LogP) is 4.21. The Balaban J connectivity index is 1.70. The van der Waals surface area contributed by atoms with Gasteiger partial charge < -0.3 is 19.2 Å². The molecule has 0 bridgehead atoms. The molecule has 1 aliphatic rings. The number of fused-ring (bicyclic) bond motifs is 1. The summed E-state index contributed by atoms with van der Waals surface area (Å²) in [4.78, 5) is 25.2. The second kappa shape index (κ2) is 9.24. The topological polar surface area (TPSA) is 77.8 Å². The Morgan fingerprint density at radius 2 is 2.00 bits per heavy atom. The van der Waals surface area contributed by atoms with E-state index in [4.69, 9.17) is 13.9 Å². The van der Waals surface area contributed by atoms with E-state index < -0.39 is 12.1 Å². The number of hydrogen-bond acceptors (Lipinski definition) is 5. The fourth-order valence-corrected chi connectivity index (χ4v) is 3.71. The van der Waals surface area contributed by atoms with Crippen LogP contribution in [0.1, 0.15) is 62.6 Å². The molecule has 3 atom stereocenters. The van der Waals surface area contributed by atoms with E-state index in [1.54, 1.807) is 13.0 Å². The summed E-state index contributed by atoms with van der Waals surface area (Å²) in [5.41, 5.74) is 1.24. The molecule has 0 spiro atoms. The Kier molecular flexibility index (Phi) is 6.73. The van der Waals surface area contributed by atoms with Crippen molar-refractivity contribution in [2.45, 2.75) is 65.2 Å². The van der Waals surface area contributed by atoms with Crippen LogP contribution in [0.5, 0.6) is 0 Å². The first-order valence-electron chi connectivity index (χ1n) is 10.1. The van der Waals surface area contributed by atoms with Crippen LogP contribution in [0.25, 0.3) is 11.0 Å². The number of amides is 1. The Bertz CT molecular complexity index is 827. The number of para-hydroxylation sites is 1. The van der Waals surface area contributed by atoms with Gasteiger partial charge in [-0.1, -0.05) is 38.0 Å². The summed E-state index contributed by atoms with van der Waals surface area (Å²) in [6, 6.07) is 7.53. The normalized spacial score (nSPS) is 20.7. The zero-order chi connectivity index (χ0) is 20.1. The van der Waals surface area contributed by atoms with Gasteiger partial charge in [0.05, 0.1) is 6.61 Å². The van der Waals surface area contributed by atoms with Gasteiger partial charge >= 0.3 is 5.97 Å².